The number of aromatic nitrogens is 2. The van der Waals surface area contributed by atoms with E-state index < -0.39 is 0 Å². The fraction of sp³-hybridized carbons (Fsp3) is 0.444. The number of carbonyl (C=O) groups is 1. The van der Waals surface area contributed by atoms with Crippen LogP contribution in [0.1, 0.15) is 25.0 Å². The van der Waals surface area contributed by atoms with Gasteiger partial charge in [-0.3, -0.25) is 14.4 Å². The largest absolute Gasteiger partial charge is 0.371 e. The van der Waals surface area contributed by atoms with E-state index >= 15 is 0 Å². The first-order valence-electron chi connectivity index (χ1n) is 8.46. The lowest BCUT2D eigenvalue weighted by molar-refractivity contribution is -0.117. The predicted molar refractivity (Wildman–Crippen MR) is 92.7 cm³/mol. The van der Waals surface area contributed by atoms with Gasteiger partial charge in [0.1, 0.15) is 0 Å². The van der Waals surface area contributed by atoms with Crippen molar-refractivity contribution < 1.29 is 9.53 Å². The number of nitrogens with one attached hydrogen (secondary N) is 1. The zero-order valence-corrected chi connectivity index (χ0v) is 14.0. The Balaban J connectivity index is 1.47. The second-order valence-corrected chi connectivity index (χ2v) is 5.95. The SMILES string of the molecule is CCn1cc([C@H]2CN(CCC(=O)Nc3ccccc3)CCO2)cn1. The monoisotopic (exact) mass is 328 g/mol. The van der Waals surface area contributed by atoms with Crippen LogP contribution in [0, 0.1) is 0 Å². The Morgan fingerprint density at radius 3 is 2.96 bits per heavy atom. The van der Waals surface area contributed by atoms with Gasteiger partial charge in [0.15, 0.2) is 0 Å². The third kappa shape index (κ3) is 4.43. The fourth-order valence-electron chi connectivity index (χ4n) is 2.83. The maximum absolute atomic E-state index is 12.1. The summed E-state index contributed by atoms with van der Waals surface area (Å²) in [6.45, 7) is 6.00. The minimum Gasteiger partial charge on any atom is -0.371 e. The van der Waals surface area contributed by atoms with E-state index in [0.717, 1.165) is 37.4 Å². The number of amides is 1. The van der Waals surface area contributed by atoms with Gasteiger partial charge in [0, 0.05) is 50.0 Å². The topological polar surface area (TPSA) is 59.4 Å². The molecule has 1 N–H and O–H groups in total. The van der Waals surface area contributed by atoms with Crippen LogP contribution in [0.15, 0.2) is 42.7 Å². The molecule has 1 fully saturated rings. The number of hydrogen-bond donors (Lipinski definition) is 1. The molecule has 0 spiro atoms. The fourth-order valence-corrected chi connectivity index (χ4v) is 2.83. The molecule has 1 aromatic heterocycles. The summed E-state index contributed by atoms with van der Waals surface area (Å²) in [6.07, 6.45) is 4.43. The van der Waals surface area contributed by atoms with E-state index in [0.29, 0.717) is 13.0 Å². The highest BCUT2D eigenvalue weighted by Crippen LogP contribution is 2.21. The van der Waals surface area contributed by atoms with Crippen molar-refractivity contribution in [3.8, 4) is 0 Å². The minimum absolute atomic E-state index is 0.0382. The van der Waals surface area contributed by atoms with Gasteiger partial charge in [0.05, 0.1) is 18.9 Å². The standard InChI is InChI=1S/C18H24N4O2/c1-2-22-13-15(12-19-22)17-14-21(10-11-24-17)9-8-18(23)20-16-6-4-3-5-7-16/h3-7,12-13,17H,2,8-11,14H2,1H3,(H,20,23)/t17-/m1/s1. The molecule has 0 saturated carbocycles. The Labute approximate surface area is 142 Å². The molecular formula is C18H24N4O2. The first-order chi connectivity index (χ1) is 11.7. The van der Waals surface area contributed by atoms with E-state index in [9.17, 15) is 4.79 Å². The second-order valence-electron chi connectivity index (χ2n) is 5.95. The summed E-state index contributed by atoms with van der Waals surface area (Å²) < 4.78 is 7.77. The molecule has 0 aliphatic carbocycles. The molecule has 128 valence electrons. The van der Waals surface area contributed by atoms with Gasteiger partial charge in [-0.15, -0.1) is 0 Å². The molecule has 0 unspecified atom stereocenters. The summed E-state index contributed by atoms with van der Waals surface area (Å²) in [4.78, 5) is 14.3. The van der Waals surface area contributed by atoms with Crippen LogP contribution in [-0.4, -0.2) is 46.8 Å². The highest BCUT2D eigenvalue weighted by atomic mass is 16.5. The summed E-state index contributed by atoms with van der Waals surface area (Å²) in [5.74, 6) is 0.0445. The molecule has 1 saturated heterocycles. The smallest absolute Gasteiger partial charge is 0.225 e. The van der Waals surface area contributed by atoms with Gasteiger partial charge in [0.25, 0.3) is 0 Å². The number of rotatable bonds is 6. The first kappa shape index (κ1) is 16.7. The Morgan fingerprint density at radius 1 is 1.38 bits per heavy atom. The maximum atomic E-state index is 12.1. The lowest BCUT2D eigenvalue weighted by Gasteiger charge is -2.32. The van der Waals surface area contributed by atoms with Crippen molar-refractivity contribution in [2.45, 2.75) is 26.0 Å². The van der Waals surface area contributed by atoms with Gasteiger partial charge < -0.3 is 10.1 Å². The number of aryl methyl sites for hydroxylation is 1. The van der Waals surface area contributed by atoms with Gasteiger partial charge >= 0.3 is 0 Å². The summed E-state index contributed by atoms with van der Waals surface area (Å²) >= 11 is 0. The number of hydrogen-bond acceptors (Lipinski definition) is 4. The van der Waals surface area contributed by atoms with Crippen molar-refractivity contribution in [2.24, 2.45) is 0 Å². The molecule has 6 heteroatoms. The highest BCUT2D eigenvalue weighted by Gasteiger charge is 2.23. The number of morpholine rings is 1. The molecule has 1 amide bonds. The Kier molecular flexibility index (Phi) is 5.61. The number of benzene rings is 1. The van der Waals surface area contributed by atoms with Crippen LogP contribution in [0.5, 0.6) is 0 Å². The molecule has 0 radical (unpaired) electrons. The van der Waals surface area contributed by atoms with Crippen molar-refractivity contribution >= 4 is 11.6 Å². The van der Waals surface area contributed by atoms with Crippen LogP contribution < -0.4 is 5.32 Å². The van der Waals surface area contributed by atoms with Crippen LogP contribution in [0.25, 0.3) is 0 Å². The second kappa shape index (κ2) is 8.08. The Hall–Kier alpha value is -2.18. The van der Waals surface area contributed by atoms with Crippen LogP contribution >= 0.6 is 0 Å². The highest BCUT2D eigenvalue weighted by molar-refractivity contribution is 5.90. The zero-order chi connectivity index (χ0) is 16.8. The molecule has 2 aromatic rings. The van der Waals surface area contributed by atoms with Crippen molar-refractivity contribution in [3.05, 3.63) is 48.3 Å². The predicted octanol–water partition coefficient (Wildman–Crippen LogP) is 2.31. The van der Waals surface area contributed by atoms with Crippen LogP contribution in [0.2, 0.25) is 0 Å². The molecule has 2 heterocycles. The number of para-hydroxylation sites is 1. The van der Waals surface area contributed by atoms with Crippen molar-refractivity contribution in [3.63, 3.8) is 0 Å². The minimum atomic E-state index is 0.0382. The van der Waals surface area contributed by atoms with E-state index in [2.05, 4.69) is 22.2 Å². The van der Waals surface area contributed by atoms with Gasteiger partial charge in [-0.2, -0.15) is 5.10 Å². The summed E-state index contributed by atoms with van der Waals surface area (Å²) in [7, 11) is 0. The number of ether oxygens (including phenoxy) is 1. The molecular weight excluding hydrogens is 304 g/mol. The van der Waals surface area contributed by atoms with Gasteiger partial charge in [-0.1, -0.05) is 18.2 Å². The molecule has 6 nitrogen and oxygen atoms in total. The van der Waals surface area contributed by atoms with Crippen LogP contribution in [0.3, 0.4) is 0 Å². The van der Waals surface area contributed by atoms with E-state index in [-0.39, 0.29) is 12.0 Å². The Morgan fingerprint density at radius 2 is 2.21 bits per heavy atom. The molecule has 3 rings (SSSR count). The van der Waals surface area contributed by atoms with E-state index in [4.69, 9.17) is 4.74 Å². The molecule has 1 aliphatic rings. The lowest BCUT2D eigenvalue weighted by atomic mass is 10.1. The van der Waals surface area contributed by atoms with Crippen molar-refractivity contribution in [1.29, 1.82) is 0 Å². The first-order valence-corrected chi connectivity index (χ1v) is 8.46. The third-order valence-corrected chi connectivity index (χ3v) is 4.21. The van der Waals surface area contributed by atoms with E-state index in [1.54, 1.807) is 0 Å². The normalized spacial score (nSPS) is 18.5. The van der Waals surface area contributed by atoms with Crippen molar-refractivity contribution in [2.75, 3.05) is 31.6 Å². The third-order valence-electron chi connectivity index (χ3n) is 4.21. The summed E-state index contributed by atoms with van der Waals surface area (Å²) in [6, 6.07) is 9.56. The van der Waals surface area contributed by atoms with Gasteiger partial charge in [0.2, 0.25) is 5.91 Å². The zero-order valence-electron chi connectivity index (χ0n) is 14.0. The summed E-state index contributed by atoms with van der Waals surface area (Å²) in [5.41, 5.74) is 1.95. The van der Waals surface area contributed by atoms with Gasteiger partial charge in [-0.05, 0) is 19.1 Å². The molecule has 1 aliphatic heterocycles. The quantitative estimate of drug-likeness (QED) is 0.884. The average molecular weight is 328 g/mol. The number of nitrogens with zero attached hydrogens (tertiary/aromatic N) is 3. The molecule has 1 aromatic carbocycles. The van der Waals surface area contributed by atoms with Crippen LogP contribution in [0.4, 0.5) is 5.69 Å². The van der Waals surface area contributed by atoms with Crippen LogP contribution in [-0.2, 0) is 16.1 Å². The lowest BCUT2D eigenvalue weighted by Crippen LogP contribution is -2.39. The average Bonchev–Trinajstić information content (AvgIpc) is 3.10. The van der Waals surface area contributed by atoms with E-state index in [1.807, 2.05) is 47.4 Å². The maximum Gasteiger partial charge on any atom is 0.225 e. The molecule has 0 bridgehead atoms. The molecule has 24 heavy (non-hydrogen) atoms. The van der Waals surface area contributed by atoms with Gasteiger partial charge in [-0.25, -0.2) is 0 Å². The molecule has 1 atom stereocenters. The Bertz CT molecular complexity index is 656. The number of carbonyl (C=O) groups excluding carboxylic acids is 1. The number of anilines is 1. The van der Waals surface area contributed by atoms with Crippen molar-refractivity contribution in [1.82, 2.24) is 14.7 Å². The van der Waals surface area contributed by atoms with E-state index in [1.165, 1.54) is 0 Å². The summed E-state index contributed by atoms with van der Waals surface area (Å²) in [5, 5.41) is 7.24.